The predicted molar refractivity (Wildman–Crippen MR) is 158 cm³/mol. The molecule has 0 N–H and O–H groups in total. The number of esters is 2. The van der Waals surface area contributed by atoms with Crippen molar-refractivity contribution in [3.63, 3.8) is 0 Å². The Balaban J connectivity index is 1.40. The molecule has 0 saturated carbocycles. The summed E-state index contributed by atoms with van der Waals surface area (Å²) in [5, 5.41) is 2.18. The summed E-state index contributed by atoms with van der Waals surface area (Å²) in [6.45, 7) is 7.65. The molecule has 6 nitrogen and oxygen atoms in total. The second-order valence-electron chi connectivity index (χ2n) is 9.75. The Bertz CT molecular complexity index is 1570. The third kappa shape index (κ3) is 6.02. The average molecular weight is 549 g/mol. The van der Waals surface area contributed by atoms with Crippen LogP contribution in [0.15, 0.2) is 110 Å². The van der Waals surface area contributed by atoms with Crippen molar-refractivity contribution in [2.24, 2.45) is 0 Å². The molecule has 41 heavy (non-hydrogen) atoms. The highest BCUT2D eigenvalue weighted by Gasteiger charge is 2.41. The van der Waals surface area contributed by atoms with Crippen LogP contribution in [0.5, 0.6) is 11.5 Å². The van der Waals surface area contributed by atoms with E-state index in [1.165, 1.54) is 22.3 Å². The molecule has 1 atom stereocenters. The second kappa shape index (κ2) is 12.6. The van der Waals surface area contributed by atoms with Gasteiger partial charge in [-0.05, 0) is 76.2 Å². The van der Waals surface area contributed by atoms with Crippen LogP contribution in [-0.2, 0) is 30.9 Å². The van der Waals surface area contributed by atoms with Gasteiger partial charge in [0.1, 0.15) is 37.9 Å². The lowest BCUT2D eigenvalue weighted by atomic mass is 9.70. The molecule has 0 saturated heterocycles. The zero-order valence-corrected chi connectivity index (χ0v) is 22.8. The average Bonchev–Trinajstić information content (AvgIpc) is 3.41. The van der Waals surface area contributed by atoms with Crippen molar-refractivity contribution in [3.8, 4) is 11.5 Å². The van der Waals surface area contributed by atoms with Crippen molar-refractivity contribution in [2.75, 3.05) is 26.4 Å². The highest BCUT2D eigenvalue weighted by Crippen LogP contribution is 2.49. The lowest BCUT2D eigenvalue weighted by molar-refractivity contribution is -0.139. The van der Waals surface area contributed by atoms with Crippen LogP contribution >= 0.6 is 0 Å². The highest BCUT2D eigenvalue weighted by atomic mass is 16.6. The minimum atomic E-state index is -0.462. The van der Waals surface area contributed by atoms with E-state index in [2.05, 4.69) is 73.8 Å². The zero-order chi connectivity index (χ0) is 28.7. The maximum Gasteiger partial charge on any atom is 0.330 e. The van der Waals surface area contributed by atoms with Crippen molar-refractivity contribution in [2.45, 2.75) is 18.3 Å². The van der Waals surface area contributed by atoms with Crippen molar-refractivity contribution in [1.29, 1.82) is 0 Å². The number of fused-ring (bicyclic) bond motifs is 2. The van der Waals surface area contributed by atoms with Gasteiger partial charge in [0.25, 0.3) is 0 Å². The Morgan fingerprint density at radius 2 is 1.27 bits per heavy atom. The molecule has 1 aliphatic carbocycles. The maximum absolute atomic E-state index is 11.2. The largest absolute Gasteiger partial charge is 0.490 e. The van der Waals surface area contributed by atoms with E-state index in [-0.39, 0.29) is 31.8 Å². The molecule has 4 aromatic carbocycles. The van der Waals surface area contributed by atoms with Gasteiger partial charge in [-0.3, -0.25) is 0 Å². The van der Waals surface area contributed by atoms with Gasteiger partial charge in [0.15, 0.2) is 0 Å². The number of rotatable bonds is 12. The van der Waals surface area contributed by atoms with Crippen LogP contribution in [0, 0.1) is 0 Å². The Morgan fingerprint density at radius 3 is 1.98 bits per heavy atom. The lowest BCUT2D eigenvalue weighted by Crippen LogP contribution is -2.26. The van der Waals surface area contributed by atoms with Gasteiger partial charge in [0, 0.05) is 17.6 Å². The van der Waals surface area contributed by atoms with E-state index < -0.39 is 11.9 Å². The van der Waals surface area contributed by atoms with Crippen molar-refractivity contribution < 1.29 is 28.5 Å². The first-order valence-corrected chi connectivity index (χ1v) is 13.6. The summed E-state index contributed by atoms with van der Waals surface area (Å²) in [6, 6.07) is 29.5. The smallest absolute Gasteiger partial charge is 0.330 e. The van der Waals surface area contributed by atoms with E-state index in [0.717, 1.165) is 47.3 Å². The molecule has 4 aromatic rings. The van der Waals surface area contributed by atoms with Gasteiger partial charge in [-0.2, -0.15) is 0 Å². The van der Waals surface area contributed by atoms with Gasteiger partial charge in [0.2, 0.25) is 0 Å². The molecule has 1 aliphatic rings. The van der Waals surface area contributed by atoms with Gasteiger partial charge in [-0.1, -0.05) is 67.8 Å². The summed E-state index contributed by atoms with van der Waals surface area (Å²) < 4.78 is 21.6. The molecule has 0 amide bonds. The normalized spacial score (nSPS) is 15.5. The lowest BCUT2D eigenvalue weighted by Gasteiger charge is -2.32. The van der Waals surface area contributed by atoms with E-state index in [1.807, 2.05) is 24.3 Å². The molecule has 0 radical (unpaired) electrons. The third-order valence-electron chi connectivity index (χ3n) is 7.42. The number of hydrogen-bond donors (Lipinski definition) is 0. The van der Waals surface area contributed by atoms with Gasteiger partial charge >= 0.3 is 11.9 Å². The molecule has 0 spiro atoms. The predicted octanol–water partition coefficient (Wildman–Crippen LogP) is 6.34. The summed E-state index contributed by atoms with van der Waals surface area (Å²) in [4.78, 5) is 22.5. The number of ether oxygens (including phenoxy) is 4. The van der Waals surface area contributed by atoms with Crippen molar-refractivity contribution in [3.05, 3.63) is 132 Å². The number of aryl methyl sites for hydroxylation is 1. The van der Waals surface area contributed by atoms with Crippen LogP contribution < -0.4 is 9.47 Å². The van der Waals surface area contributed by atoms with Gasteiger partial charge in [0.05, 0.1) is 0 Å². The monoisotopic (exact) mass is 548 g/mol. The molecule has 6 heteroatoms. The fourth-order valence-corrected chi connectivity index (χ4v) is 5.51. The third-order valence-corrected chi connectivity index (χ3v) is 7.42. The summed E-state index contributed by atoms with van der Waals surface area (Å²) in [5.74, 6) is 0.512. The molecular weight excluding hydrogens is 516 g/mol. The molecule has 0 aromatic heterocycles. The molecule has 0 heterocycles. The number of carbonyl (C=O) groups excluding carboxylic acids is 2. The summed E-state index contributed by atoms with van der Waals surface area (Å²) in [6.07, 6.45) is 4.22. The van der Waals surface area contributed by atoms with Crippen molar-refractivity contribution >= 4 is 22.7 Å². The van der Waals surface area contributed by atoms with Crippen LogP contribution in [0.2, 0.25) is 0 Å². The van der Waals surface area contributed by atoms with Gasteiger partial charge in [-0.15, -0.1) is 0 Å². The Labute approximate surface area is 239 Å². The quantitative estimate of drug-likeness (QED) is 0.117. The summed E-state index contributed by atoms with van der Waals surface area (Å²) in [7, 11) is 0. The molecule has 5 rings (SSSR count). The minimum absolute atomic E-state index is 0.163. The molecule has 1 unspecified atom stereocenters. The van der Waals surface area contributed by atoms with Crippen LogP contribution in [-0.4, -0.2) is 38.4 Å². The minimum Gasteiger partial charge on any atom is -0.490 e. The fraction of sp³-hybridized carbons (Fsp3) is 0.200. The highest BCUT2D eigenvalue weighted by molar-refractivity contribution is 5.85. The number of benzene rings is 4. The molecule has 0 bridgehead atoms. The standard InChI is InChI=1S/C35H32O6/c1-3-33(36)40-21-19-38-30-15-12-28(13-16-30)35(18-17-25-7-5-6-8-32(25)35)29-11-9-27-24-31(14-10-26(27)23-29)39-20-22-41-34(37)4-2/h3-16,23-24H,1-2,17-22H2. The first kappa shape index (κ1) is 27.7. The topological polar surface area (TPSA) is 71.1 Å². The Kier molecular flexibility index (Phi) is 8.49. The first-order chi connectivity index (χ1) is 20.0. The van der Waals surface area contributed by atoms with Gasteiger partial charge in [-0.25, -0.2) is 9.59 Å². The summed E-state index contributed by atoms with van der Waals surface area (Å²) >= 11 is 0. The van der Waals surface area contributed by atoms with Crippen molar-refractivity contribution in [1.82, 2.24) is 0 Å². The molecule has 0 fully saturated rings. The molecular formula is C35H32O6. The zero-order valence-electron chi connectivity index (χ0n) is 22.8. The Hall–Kier alpha value is -4.84. The van der Waals surface area contributed by atoms with Crippen LogP contribution in [0.3, 0.4) is 0 Å². The van der Waals surface area contributed by atoms with E-state index in [9.17, 15) is 9.59 Å². The number of carbonyl (C=O) groups is 2. The van der Waals surface area contributed by atoms with E-state index in [0.29, 0.717) is 0 Å². The number of hydrogen-bond acceptors (Lipinski definition) is 6. The summed E-state index contributed by atoms with van der Waals surface area (Å²) in [5.41, 5.74) is 4.80. The van der Waals surface area contributed by atoms with Crippen LogP contribution in [0.25, 0.3) is 10.8 Å². The molecule has 208 valence electrons. The SMILES string of the molecule is C=CC(=O)OCCOc1ccc(C2(c3ccc4cc(OCCOC(=O)C=C)ccc4c3)CCc3ccccc32)cc1. The fourth-order valence-electron chi connectivity index (χ4n) is 5.51. The molecule has 0 aliphatic heterocycles. The Morgan fingerprint density at radius 1 is 0.683 bits per heavy atom. The van der Waals surface area contributed by atoms with Crippen LogP contribution in [0.4, 0.5) is 0 Å². The maximum atomic E-state index is 11.2. The van der Waals surface area contributed by atoms with Gasteiger partial charge < -0.3 is 18.9 Å². The van der Waals surface area contributed by atoms with E-state index in [1.54, 1.807) is 0 Å². The first-order valence-electron chi connectivity index (χ1n) is 13.6. The van der Waals surface area contributed by atoms with E-state index >= 15 is 0 Å². The van der Waals surface area contributed by atoms with E-state index in [4.69, 9.17) is 18.9 Å². The second-order valence-corrected chi connectivity index (χ2v) is 9.75. The van der Waals surface area contributed by atoms with Crippen LogP contribution in [0.1, 0.15) is 28.7 Å².